The molecular formula is C13H13FN4O2S2. The molecule has 0 atom stereocenters. The fraction of sp³-hybridized carbons (Fsp3) is 0.231. The van der Waals surface area contributed by atoms with Crippen molar-refractivity contribution in [2.24, 2.45) is 0 Å². The third-order valence-corrected chi connectivity index (χ3v) is 5.34. The normalized spacial score (nSPS) is 12.0. The van der Waals surface area contributed by atoms with Crippen LogP contribution < -0.4 is 4.72 Å². The molecule has 0 saturated heterocycles. The average molecular weight is 340 g/mol. The summed E-state index contributed by atoms with van der Waals surface area (Å²) in [6.45, 7) is 0.285. The van der Waals surface area contributed by atoms with Crippen molar-refractivity contribution in [2.45, 2.75) is 12.2 Å². The fourth-order valence-corrected chi connectivity index (χ4v) is 4.04. The predicted molar refractivity (Wildman–Crippen MR) is 81.6 cm³/mol. The molecule has 0 aliphatic heterocycles. The van der Waals surface area contributed by atoms with Gasteiger partial charge in [0, 0.05) is 24.0 Å². The Morgan fingerprint density at radius 3 is 2.82 bits per heavy atom. The molecule has 2 aromatic heterocycles. The maximum absolute atomic E-state index is 12.8. The number of hydrogen-bond donors (Lipinski definition) is 1. The second-order valence-corrected chi connectivity index (χ2v) is 7.38. The van der Waals surface area contributed by atoms with E-state index in [0.29, 0.717) is 12.0 Å². The van der Waals surface area contributed by atoms with Gasteiger partial charge in [0.2, 0.25) is 15.0 Å². The zero-order valence-electron chi connectivity index (χ0n) is 11.4. The lowest BCUT2D eigenvalue weighted by atomic mass is 10.2. The Labute approximate surface area is 130 Å². The maximum Gasteiger partial charge on any atom is 0.216 e. The zero-order chi connectivity index (χ0) is 15.6. The summed E-state index contributed by atoms with van der Waals surface area (Å²) in [5.41, 5.74) is 1.50. The summed E-state index contributed by atoms with van der Waals surface area (Å²) in [6.07, 6.45) is 2.15. The molecule has 22 heavy (non-hydrogen) atoms. The summed E-state index contributed by atoms with van der Waals surface area (Å²) < 4.78 is 41.2. The van der Waals surface area contributed by atoms with Crippen LogP contribution in [0.3, 0.4) is 0 Å². The number of thiazole rings is 1. The molecule has 9 heteroatoms. The Bertz CT molecular complexity index is 871. The SMILES string of the molecule is O=S(=O)(Cc1ccc(F)cc1)NCCc1csc2nncn12. The van der Waals surface area contributed by atoms with Gasteiger partial charge in [-0.3, -0.25) is 4.40 Å². The van der Waals surface area contributed by atoms with Crippen LogP contribution in [-0.4, -0.2) is 29.6 Å². The molecule has 0 aliphatic carbocycles. The summed E-state index contributed by atoms with van der Waals surface area (Å²) in [4.78, 5) is 0.782. The van der Waals surface area contributed by atoms with Crippen molar-refractivity contribution in [3.63, 3.8) is 0 Å². The number of aromatic nitrogens is 3. The molecule has 0 amide bonds. The van der Waals surface area contributed by atoms with E-state index in [-0.39, 0.29) is 18.1 Å². The first-order valence-electron chi connectivity index (χ1n) is 6.51. The van der Waals surface area contributed by atoms with Gasteiger partial charge in [-0.05, 0) is 17.7 Å². The summed E-state index contributed by atoms with van der Waals surface area (Å²) in [5, 5.41) is 9.65. The smallest absolute Gasteiger partial charge is 0.216 e. The quantitative estimate of drug-likeness (QED) is 0.739. The Kier molecular flexibility index (Phi) is 4.19. The molecule has 0 bridgehead atoms. The van der Waals surface area contributed by atoms with Crippen LogP contribution >= 0.6 is 11.3 Å². The van der Waals surface area contributed by atoms with Crippen molar-refractivity contribution >= 4 is 26.3 Å². The number of rotatable bonds is 6. The first-order chi connectivity index (χ1) is 10.5. The maximum atomic E-state index is 12.8. The lowest BCUT2D eigenvalue weighted by molar-refractivity contribution is 0.580. The molecule has 1 N–H and O–H groups in total. The average Bonchev–Trinajstić information content (AvgIpc) is 3.06. The highest BCUT2D eigenvalue weighted by atomic mass is 32.2. The van der Waals surface area contributed by atoms with E-state index in [9.17, 15) is 12.8 Å². The molecule has 0 fully saturated rings. The molecule has 2 heterocycles. The second-order valence-electron chi connectivity index (χ2n) is 4.74. The summed E-state index contributed by atoms with van der Waals surface area (Å²) in [5.74, 6) is -0.552. The van der Waals surface area contributed by atoms with E-state index in [1.807, 2.05) is 9.78 Å². The number of nitrogens with zero attached hydrogens (tertiary/aromatic N) is 3. The number of fused-ring (bicyclic) bond motifs is 1. The van der Waals surface area contributed by atoms with Gasteiger partial charge in [0.15, 0.2) is 0 Å². The molecular weight excluding hydrogens is 327 g/mol. The van der Waals surface area contributed by atoms with Crippen LogP contribution in [0.4, 0.5) is 4.39 Å². The van der Waals surface area contributed by atoms with Gasteiger partial charge < -0.3 is 0 Å². The highest BCUT2D eigenvalue weighted by Crippen LogP contribution is 2.13. The van der Waals surface area contributed by atoms with Crippen molar-refractivity contribution in [3.8, 4) is 0 Å². The van der Waals surface area contributed by atoms with Crippen molar-refractivity contribution < 1.29 is 12.8 Å². The van der Waals surface area contributed by atoms with Crippen molar-refractivity contribution in [2.75, 3.05) is 6.54 Å². The number of benzene rings is 1. The van der Waals surface area contributed by atoms with Crippen molar-refractivity contribution in [1.82, 2.24) is 19.3 Å². The first-order valence-corrected chi connectivity index (χ1v) is 9.04. The van der Waals surface area contributed by atoms with E-state index in [0.717, 1.165) is 10.7 Å². The molecule has 0 unspecified atom stereocenters. The number of halogens is 1. The lowest BCUT2D eigenvalue weighted by Crippen LogP contribution is -2.27. The molecule has 6 nitrogen and oxygen atoms in total. The van der Waals surface area contributed by atoms with Gasteiger partial charge in [-0.1, -0.05) is 12.1 Å². The Balaban J connectivity index is 1.58. The lowest BCUT2D eigenvalue weighted by Gasteiger charge is -2.06. The first kappa shape index (κ1) is 15.1. The van der Waals surface area contributed by atoms with Crippen molar-refractivity contribution in [3.05, 3.63) is 53.0 Å². The van der Waals surface area contributed by atoms with E-state index in [1.165, 1.54) is 35.6 Å². The molecule has 0 radical (unpaired) electrons. The van der Waals surface area contributed by atoms with Gasteiger partial charge in [-0.25, -0.2) is 17.5 Å². The van der Waals surface area contributed by atoms with E-state index < -0.39 is 10.0 Å². The highest BCUT2D eigenvalue weighted by molar-refractivity contribution is 7.88. The van der Waals surface area contributed by atoms with E-state index in [2.05, 4.69) is 14.9 Å². The summed E-state index contributed by atoms with van der Waals surface area (Å²) >= 11 is 1.46. The van der Waals surface area contributed by atoms with Gasteiger partial charge in [0.1, 0.15) is 12.1 Å². The molecule has 3 rings (SSSR count). The van der Waals surface area contributed by atoms with Crippen LogP contribution in [0.2, 0.25) is 0 Å². The molecule has 0 saturated carbocycles. The molecule has 0 spiro atoms. The van der Waals surface area contributed by atoms with Crippen LogP contribution in [0.25, 0.3) is 4.96 Å². The van der Waals surface area contributed by atoms with Crippen LogP contribution in [0, 0.1) is 5.82 Å². The number of nitrogens with one attached hydrogen (secondary N) is 1. The van der Waals surface area contributed by atoms with Crippen LogP contribution in [0.5, 0.6) is 0 Å². The van der Waals surface area contributed by atoms with Gasteiger partial charge in [0.25, 0.3) is 0 Å². The number of sulfonamides is 1. The van der Waals surface area contributed by atoms with Gasteiger partial charge in [-0.2, -0.15) is 0 Å². The molecule has 3 aromatic rings. The van der Waals surface area contributed by atoms with Gasteiger partial charge in [-0.15, -0.1) is 21.5 Å². The van der Waals surface area contributed by atoms with Crippen LogP contribution in [0.15, 0.2) is 36.0 Å². The van der Waals surface area contributed by atoms with E-state index >= 15 is 0 Å². The van der Waals surface area contributed by atoms with Gasteiger partial charge in [0.05, 0.1) is 5.75 Å². The minimum atomic E-state index is -3.45. The third-order valence-electron chi connectivity index (χ3n) is 3.10. The van der Waals surface area contributed by atoms with E-state index in [1.54, 1.807) is 6.33 Å². The Hall–Kier alpha value is -1.84. The fourth-order valence-electron chi connectivity index (χ4n) is 2.04. The minimum Gasteiger partial charge on any atom is -0.276 e. The van der Waals surface area contributed by atoms with Crippen LogP contribution in [-0.2, 0) is 22.2 Å². The molecule has 0 aliphatic rings. The topological polar surface area (TPSA) is 76.4 Å². The molecule has 116 valence electrons. The summed E-state index contributed by atoms with van der Waals surface area (Å²) in [6, 6.07) is 5.43. The van der Waals surface area contributed by atoms with E-state index in [4.69, 9.17) is 0 Å². The minimum absolute atomic E-state index is 0.168. The van der Waals surface area contributed by atoms with Crippen LogP contribution in [0.1, 0.15) is 11.3 Å². The van der Waals surface area contributed by atoms with Crippen molar-refractivity contribution in [1.29, 1.82) is 0 Å². The van der Waals surface area contributed by atoms with Gasteiger partial charge >= 0.3 is 0 Å². The number of hydrogen-bond acceptors (Lipinski definition) is 5. The Morgan fingerprint density at radius 2 is 2.05 bits per heavy atom. The third kappa shape index (κ3) is 3.49. The monoisotopic (exact) mass is 340 g/mol. The summed E-state index contributed by atoms with van der Waals surface area (Å²) in [7, 11) is -3.45. The highest BCUT2D eigenvalue weighted by Gasteiger charge is 2.12. The zero-order valence-corrected chi connectivity index (χ0v) is 13.1. The molecule has 1 aromatic carbocycles. The predicted octanol–water partition coefficient (Wildman–Crippen LogP) is 1.59. The second kappa shape index (κ2) is 6.11. The Morgan fingerprint density at radius 1 is 1.27 bits per heavy atom. The largest absolute Gasteiger partial charge is 0.276 e. The standard InChI is InChI=1S/C13H13FN4O2S2/c14-11-3-1-10(2-4-11)8-22(19,20)16-6-5-12-7-21-13-17-15-9-18(12)13/h1-4,7,9,16H,5-6,8H2.